The van der Waals surface area contributed by atoms with Crippen LogP contribution in [0.2, 0.25) is 0 Å². The molecule has 2 aliphatic rings. The molecule has 0 bridgehead atoms. The molecule has 3 aromatic rings. The molecule has 2 aliphatic carbocycles. The molecule has 1 heterocycles. The Morgan fingerprint density at radius 1 is 1.00 bits per heavy atom. The van der Waals surface area contributed by atoms with Crippen molar-refractivity contribution in [1.29, 1.82) is 0 Å². The van der Waals surface area contributed by atoms with E-state index in [1.165, 1.54) is 31.2 Å². The van der Waals surface area contributed by atoms with Crippen molar-refractivity contribution < 1.29 is 22.8 Å². The molecule has 2 amide bonds. The number of aromatic nitrogens is 1. The molecule has 35 heavy (non-hydrogen) atoms. The summed E-state index contributed by atoms with van der Waals surface area (Å²) in [5.41, 5.74) is 5.69. The van der Waals surface area contributed by atoms with E-state index in [4.69, 9.17) is 0 Å². The van der Waals surface area contributed by atoms with E-state index >= 15 is 0 Å². The number of benzene rings is 2. The largest absolute Gasteiger partial charge is 0.388 e. The third kappa shape index (κ3) is 6.44. The molecule has 5 nitrogen and oxygen atoms in total. The second-order valence-corrected chi connectivity index (χ2v) is 9.27. The topological polar surface area (TPSA) is 74.0 Å². The van der Waals surface area contributed by atoms with Gasteiger partial charge in [0.05, 0.1) is 0 Å². The Kier molecular flexibility index (Phi) is 7.19. The summed E-state index contributed by atoms with van der Waals surface area (Å²) < 4.78 is 32.4. The summed E-state index contributed by atoms with van der Waals surface area (Å²) in [6.07, 6.45) is 0.192. The molecule has 2 fully saturated rings. The molecule has 5 rings (SSSR count). The first kappa shape index (κ1) is 24.8. The third-order valence-corrected chi connectivity index (χ3v) is 6.39. The SMILES string of the molecule is CCC(F)(F)F.CNC(=O)c1cc2c(-c3ccc(C(=O)NCC4CC4)cc3)cc(C3CC3)cc2[nH]1. The molecule has 2 saturated carbocycles. The van der Waals surface area contributed by atoms with Gasteiger partial charge in [-0.2, -0.15) is 13.2 Å². The number of hydrogen-bond donors (Lipinski definition) is 3. The zero-order valence-corrected chi connectivity index (χ0v) is 19.9. The van der Waals surface area contributed by atoms with Gasteiger partial charge in [0, 0.05) is 36.5 Å². The summed E-state index contributed by atoms with van der Waals surface area (Å²) in [4.78, 5) is 27.7. The highest BCUT2D eigenvalue weighted by atomic mass is 19.4. The van der Waals surface area contributed by atoms with E-state index in [-0.39, 0.29) is 11.8 Å². The summed E-state index contributed by atoms with van der Waals surface area (Å²) in [6, 6.07) is 14.1. The van der Waals surface area contributed by atoms with Crippen LogP contribution in [0.1, 0.15) is 71.4 Å². The molecule has 0 spiro atoms. The lowest BCUT2D eigenvalue weighted by atomic mass is 9.96. The predicted molar refractivity (Wildman–Crippen MR) is 131 cm³/mol. The van der Waals surface area contributed by atoms with Crippen LogP contribution in [0.4, 0.5) is 13.2 Å². The Labute approximate surface area is 202 Å². The normalized spacial score (nSPS) is 15.3. The summed E-state index contributed by atoms with van der Waals surface area (Å²) in [6.45, 7) is 1.86. The molecule has 0 unspecified atom stereocenters. The van der Waals surface area contributed by atoms with Gasteiger partial charge < -0.3 is 15.6 Å². The van der Waals surface area contributed by atoms with E-state index in [0.717, 1.165) is 35.5 Å². The Hall–Kier alpha value is -3.29. The number of amides is 2. The molecule has 3 N–H and O–H groups in total. The summed E-state index contributed by atoms with van der Waals surface area (Å²) in [5, 5.41) is 6.72. The summed E-state index contributed by atoms with van der Waals surface area (Å²) in [7, 11) is 1.64. The first-order valence-electron chi connectivity index (χ1n) is 12.0. The van der Waals surface area contributed by atoms with Crippen molar-refractivity contribution in [3.63, 3.8) is 0 Å². The first-order chi connectivity index (χ1) is 16.7. The maximum absolute atomic E-state index is 12.3. The maximum Gasteiger partial charge on any atom is 0.388 e. The molecule has 0 aliphatic heterocycles. The van der Waals surface area contributed by atoms with Crippen molar-refractivity contribution in [2.45, 2.75) is 51.1 Å². The molecule has 186 valence electrons. The number of halogens is 3. The van der Waals surface area contributed by atoms with Crippen LogP contribution in [-0.4, -0.2) is 36.6 Å². The second kappa shape index (κ2) is 10.1. The smallest absolute Gasteiger partial charge is 0.354 e. The number of carbonyl (C=O) groups is 2. The van der Waals surface area contributed by atoms with Crippen molar-refractivity contribution >= 4 is 22.7 Å². The number of nitrogens with one attached hydrogen (secondary N) is 3. The van der Waals surface area contributed by atoms with Gasteiger partial charge in [-0.1, -0.05) is 25.1 Å². The van der Waals surface area contributed by atoms with Crippen molar-refractivity contribution in [2.24, 2.45) is 5.92 Å². The van der Waals surface area contributed by atoms with E-state index in [0.29, 0.717) is 23.1 Å². The number of H-pyrrole nitrogens is 1. The fourth-order valence-electron chi connectivity index (χ4n) is 3.87. The lowest BCUT2D eigenvalue weighted by Crippen LogP contribution is -2.25. The highest BCUT2D eigenvalue weighted by Gasteiger charge is 2.26. The minimum Gasteiger partial charge on any atom is -0.354 e. The number of hydrogen-bond acceptors (Lipinski definition) is 2. The molecule has 2 aromatic carbocycles. The minimum atomic E-state index is -3.96. The van der Waals surface area contributed by atoms with Gasteiger partial charge >= 0.3 is 6.18 Å². The van der Waals surface area contributed by atoms with Crippen LogP contribution in [-0.2, 0) is 0 Å². The highest BCUT2D eigenvalue weighted by Crippen LogP contribution is 2.43. The van der Waals surface area contributed by atoms with Crippen molar-refractivity contribution in [2.75, 3.05) is 13.6 Å². The van der Waals surface area contributed by atoms with E-state index in [1.807, 2.05) is 30.3 Å². The van der Waals surface area contributed by atoms with Gasteiger partial charge in [-0.25, -0.2) is 0 Å². The van der Waals surface area contributed by atoms with Crippen LogP contribution in [0.15, 0.2) is 42.5 Å². The number of carbonyl (C=O) groups excluding carboxylic acids is 2. The quantitative estimate of drug-likeness (QED) is 0.391. The molecule has 0 radical (unpaired) electrons. The summed E-state index contributed by atoms with van der Waals surface area (Å²) >= 11 is 0. The van der Waals surface area contributed by atoms with Crippen LogP contribution >= 0.6 is 0 Å². The zero-order chi connectivity index (χ0) is 25.2. The standard InChI is InChI=1S/C24H25N3O2.C3H5F3/c1-25-24(29)22-12-20-19(10-18(15-4-5-15)11-21(20)27-22)16-6-8-17(9-7-16)23(28)26-13-14-2-3-14;1-2-3(4,5)6/h6-12,14-15,27H,2-5,13H2,1H3,(H,25,29)(H,26,28);2H2,1H3. The average Bonchev–Trinajstić information content (AvgIpc) is 3.79. The van der Waals surface area contributed by atoms with Gasteiger partial charge in [0.2, 0.25) is 0 Å². The zero-order valence-electron chi connectivity index (χ0n) is 19.9. The lowest BCUT2D eigenvalue weighted by molar-refractivity contribution is -0.130. The van der Waals surface area contributed by atoms with Crippen LogP contribution in [0.5, 0.6) is 0 Å². The number of fused-ring (bicyclic) bond motifs is 1. The Bertz CT molecular complexity index is 1210. The van der Waals surface area contributed by atoms with Crippen molar-refractivity contribution in [3.05, 3.63) is 59.3 Å². The lowest BCUT2D eigenvalue weighted by Gasteiger charge is -2.09. The molecule has 1 aromatic heterocycles. The monoisotopic (exact) mass is 485 g/mol. The highest BCUT2D eigenvalue weighted by molar-refractivity contribution is 6.03. The molecular weight excluding hydrogens is 455 g/mol. The van der Waals surface area contributed by atoms with Crippen molar-refractivity contribution in [1.82, 2.24) is 15.6 Å². The van der Waals surface area contributed by atoms with Gasteiger partial charge in [-0.3, -0.25) is 9.59 Å². The summed E-state index contributed by atoms with van der Waals surface area (Å²) in [5.74, 6) is 1.14. The van der Waals surface area contributed by atoms with Crippen LogP contribution in [0.3, 0.4) is 0 Å². The van der Waals surface area contributed by atoms with Crippen molar-refractivity contribution in [3.8, 4) is 11.1 Å². The van der Waals surface area contributed by atoms with Crippen LogP contribution in [0, 0.1) is 5.92 Å². The third-order valence-electron chi connectivity index (χ3n) is 6.39. The van der Waals surface area contributed by atoms with Gasteiger partial charge in [0.15, 0.2) is 0 Å². The Balaban J connectivity index is 0.000000431. The number of aromatic amines is 1. The van der Waals surface area contributed by atoms with Crippen LogP contribution < -0.4 is 10.6 Å². The van der Waals surface area contributed by atoms with E-state index in [1.54, 1.807) is 7.05 Å². The minimum absolute atomic E-state index is 0.0103. The predicted octanol–water partition coefficient (Wildman–Crippen LogP) is 6.17. The first-order valence-corrected chi connectivity index (χ1v) is 12.0. The van der Waals surface area contributed by atoms with Gasteiger partial charge in [-0.15, -0.1) is 0 Å². The molecule has 8 heteroatoms. The van der Waals surface area contributed by atoms with E-state index in [9.17, 15) is 22.8 Å². The van der Waals surface area contributed by atoms with E-state index < -0.39 is 12.6 Å². The molecule has 0 saturated heterocycles. The van der Waals surface area contributed by atoms with Crippen LogP contribution in [0.25, 0.3) is 22.0 Å². The van der Waals surface area contributed by atoms with Gasteiger partial charge in [0.1, 0.15) is 5.69 Å². The maximum atomic E-state index is 12.3. The molecule has 0 atom stereocenters. The van der Waals surface area contributed by atoms with E-state index in [2.05, 4.69) is 27.8 Å². The van der Waals surface area contributed by atoms with Gasteiger partial charge in [0.25, 0.3) is 11.8 Å². The number of alkyl halides is 3. The Morgan fingerprint density at radius 2 is 1.66 bits per heavy atom. The average molecular weight is 486 g/mol. The second-order valence-electron chi connectivity index (χ2n) is 9.27. The molecular formula is C27H30F3N3O2. The number of rotatable bonds is 6. The fraction of sp³-hybridized carbons (Fsp3) is 0.407. The Morgan fingerprint density at radius 3 is 2.20 bits per heavy atom. The van der Waals surface area contributed by atoms with Gasteiger partial charge in [-0.05, 0) is 78.5 Å². The fourth-order valence-corrected chi connectivity index (χ4v) is 3.87.